The van der Waals surface area contributed by atoms with Gasteiger partial charge >= 0.3 is 0 Å². The van der Waals surface area contributed by atoms with Crippen molar-refractivity contribution < 1.29 is 9.84 Å². The van der Waals surface area contributed by atoms with Crippen molar-refractivity contribution in [1.29, 1.82) is 0 Å². The van der Waals surface area contributed by atoms with Crippen LogP contribution in [0.15, 0.2) is 6.33 Å². The van der Waals surface area contributed by atoms with E-state index in [1.807, 2.05) is 6.92 Å². The Balaban J connectivity index is 2.22. The lowest BCUT2D eigenvalue weighted by Gasteiger charge is -2.35. The zero-order chi connectivity index (χ0) is 15.1. The lowest BCUT2D eigenvalue weighted by Crippen LogP contribution is -2.40. The van der Waals surface area contributed by atoms with Gasteiger partial charge in [-0.2, -0.15) is 4.98 Å². The molecule has 0 saturated heterocycles. The van der Waals surface area contributed by atoms with Gasteiger partial charge in [-0.15, -0.1) is 0 Å². The van der Waals surface area contributed by atoms with Gasteiger partial charge in [0.15, 0.2) is 5.82 Å². The number of aliphatic hydroxyl groups excluding tert-OH is 1. The largest absolute Gasteiger partial charge is 0.476 e. The van der Waals surface area contributed by atoms with E-state index in [0.717, 1.165) is 19.3 Å². The van der Waals surface area contributed by atoms with Crippen LogP contribution in [0.5, 0.6) is 5.88 Å². The second-order valence-corrected chi connectivity index (χ2v) is 5.47. The zero-order valence-corrected chi connectivity index (χ0v) is 12.8. The number of aliphatic hydroxyl groups is 1. The maximum Gasteiger partial charge on any atom is 0.242 e. The standard InChI is InChI=1S/C15H26N4O2/c1-2-10-21-15-13(16)14(17-11-18-15)19(8-9-20)12-6-4-3-5-7-12/h11-12,20H,2-10,16H2,1H3. The second kappa shape index (κ2) is 8.02. The average Bonchev–Trinajstić information content (AvgIpc) is 2.53. The van der Waals surface area contributed by atoms with Crippen LogP contribution in [0.4, 0.5) is 11.5 Å². The molecule has 6 heteroatoms. The monoisotopic (exact) mass is 294 g/mol. The first-order chi connectivity index (χ1) is 10.3. The van der Waals surface area contributed by atoms with Gasteiger partial charge in [0.1, 0.15) is 12.0 Å². The number of rotatable bonds is 7. The zero-order valence-electron chi connectivity index (χ0n) is 12.8. The number of nitrogen functional groups attached to an aromatic ring is 1. The lowest BCUT2D eigenvalue weighted by molar-refractivity contribution is 0.288. The molecule has 0 bridgehead atoms. The number of nitrogens with two attached hydrogens (primary N) is 1. The van der Waals surface area contributed by atoms with Gasteiger partial charge in [0.2, 0.25) is 5.88 Å². The van der Waals surface area contributed by atoms with Crippen LogP contribution in [0.25, 0.3) is 0 Å². The molecular formula is C15H26N4O2. The molecule has 1 aliphatic rings. The summed E-state index contributed by atoms with van der Waals surface area (Å²) in [4.78, 5) is 10.6. The third-order valence-electron chi connectivity index (χ3n) is 3.90. The summed E-state index contributed by atoms with van der Waals surface area (Å²) in [5, 5.41) is 9.37. The third-order valence-corrected chi connectivity index (χ3v) is 3.90. The Labute approximate surface area is 126 Å². The van der Waals surface area contributed by atoms with E-state index in [4.69, 9.17) is 10.5 Å². The molecule has 1 fully saturated rings. The van der Waals surface area contributed by atoms with Gasteiger partial charge in [0.25, 0.3) is 0 Å². The highest BCUT2D eigenvalue weighted by molar-refractivity contribution is 5.68. The minimum atomic E-state index is 0.0884. The van der Waals surface area contributed by atoms with E-state index in [0.29, 0.717) is 36.6 Å². The second-order valence-electron chi connectivity index (χ2n) is 5.47. The normalized spacial score (nSPS) is 15.9. The summed E-state index contributed by atoms with van der Waals surface area (Å²) in [6, 6.07) is 0.391. The van der Waals surface area contributed by atoms with E-state index in [9.17, 15) is 5.11 Å². The first kappa shape index (κ1) is 15.8. The molecule has 1 aliphatic carbocycles. The predicted molar refractivity (Wildman–Crippen MR) is 83.5 cm³/mol. The van der Waals surface area contributed by atoms with Crippen LogP contribution in [-0.4, -0.2) is 40.9 Å². The molecule has 0 amide bonds. The minimum absolute atomic E-state index is 0.0884. The Morgan fingerprint density at radius 1 is 1.33 bits per heavy atom. The molecule has 2 rings (SSSR count). The minimum Gasteiger partial charge on any atom is -0.476 e. The molecule has 1 heterocycles. The highest BCUT2D eigenvalue weighted by Crippen LogP contribution is 2.32. The molecule has 6 nitrogen and oxygen atoms in total. The Hall–Kier alpha value is -1.56. The summed E-state index contributed by atoms with van der Waals surface area (Å²) in [5.41, 5.74) is 6.67. The van der Waals surface area contributed by atoms with Gasteiger partial charge in [0, 0.05) is 12.6 Å². The van der Waals surface area contributed by atoms with Gasteiger partial charge in [-0.25, -0.2) is 4.98 Å². The van der Waals surface area contributed by atoms with Gasteiger partial charge in [-0.3, -0.25) is 0 Å². The SMILES string of the molecule is CCCOc1ncnc(N(CCO)C2CCCCC2)c1N. The molecule has 21 heavy (non-hydrogen) atoms. The van der Waals surface area contributed by atoms with Crippen molar-refractivity contribution >= 4 is 11.5 Å². The highest BCUT2D eigenvalue weighted by Gasteiger charge is 2.25. The number of hydrogen-bond acceptors (Lipinski definition) is 6. The summed E-state index contributed by atoms with van der Waals surface area (Å²) in [5.74, 6) is 1.14. The van der Waals surface area contributed by atoms with E-state index in [1.54, 1.807) is 0 Å². The Bertz CT molecular complexity index is 436. The van der Waals surface area contributed by atoms with Crippen molar-refractivity contribution in [2.45, 2.75) is 51.5 Å². The van der Waals surface area contributed by atoms with Crippen molar-refractivity contribution in [3.63, 3.8) is 0 Å². The molecule has 1 aromatic rings. The smallest absolute Gasteiger partial charge is 0.242 e. The van der Waals surface area contributed by atoms with Gasteiger partial charge in [0.05, 0.1) is 13.2 Å². The molecule has 1 saturated carbocycles. The van der Waals surface area contributed by atoms with E-state index in [-0.39, 0.29) is 6.61 Å². The molecule has 0 atom stereocenters. The molecule has 1 aromatic heterocycles. The highest BCUT2D eigenvalue weighted by atomic mass is 16.5. The van der Waals surface area contributed by atoms with E-state index >= 15 is 0 Å². The van der Waals surface area contributed by atoms with Crippen LogP contribution in [-0.2, 0) is 0 Å². The third kappa shape index (κ3) is 3.97. The number of ether oxygens (including phenoxy) is 1. The van der Waals surface area contributed by atoms with Crippen molar-refractivity contribution in [3.05, 3.63) is 6.33 Å². The van der Waals surface area contributed by atoms with Gasteiger partial charge in [-0.05, 0) is 19.3 Å². The molecule has 118 valence electrons. The molecule has 0 radical (unpaired) electrons. The summed E-state index contributed by atoms with van der Waals surface area (Å²) < 4.78 is 5.58. The summed E-state index contributed by atoms with van der Waals surface area (Å²) in [6.45, 7) is 3.26. The summed E-state index contributed by atoms with van der Waals surface area (Å²) >= 11 is 0. The molecular weight excluding hydrogens is 268 g/mol. The maximum atomic E-state index is 9.37. The van der Waals surface area contributed by atoms with Crippen LogP contribution in [0.2, 0.25) is 0 Å². The fourth-order valence-corrected chi connectivity index (χ4v) is 2.88. The number of aromatic nitrogens is 2. The van der Waals surface area contributed by atoms with Crippen LogP contribution < -0.4 is 15.4 Å². The molecule has 0 aliphatic heterocycles. The average molecular weight is 294 g/mol. The van der Waals surface area contributed by atoms with Crippen LogP contribution in [0, 0.1) is 0 Å². The van der Waals surface area contributed by atoms with Crippen LogP contribution in [0.3, 0.4) is 0 Å². The quantitative estimate of drug-likeness (QED) is 0.800. The van der Waals surface area contributed by atoms with Crippen molar-refractivity contribution in [2.75, 3.05) is 30.4 Å². The first-order valence-electron chi connectivity index (χ1n) is 7.88. The van der Waals surface area contributed by atoms with Crippen LogP contribution >= 0.6 is 0 Å². The fraction of sp³-hybridized carbons (Fsp3) is 0.733. The Morgan fingerprint density at radius 3 is 2.76 bits per heavy atom. The lowest BCUT2D eigenvalue weighted by atomic mass is 9.94. The number of anilines is 2. The van der Waals surface area contributed by atoms with E-state index in [2.05, 4.69) is 14.9 Å². The molecule has 0 unspecified atom stereocenters. The number of nitrogens with zero attached hydrogens (tertiary/aromatic N) is 3. The van der Waals surface area contributed by atoms with Crippen molar-refractivity contribution in [2.24, 2.45) is 0 Å². The topological polar surface area (TPSA) is 84.5 Å². The van der Waals surface area contributed by atoms with Crippen LogP contribution in [0.1, 0.15) is 45.4 Å². The van der Waals surface area contributed by atoms with Gasteiger partial charge in [-0.1, -0.05) is 26.2 Å². The Kier molecular flexibility index (Phi) is 6.04. The first-order valence-corrected chi connectivity index (χ1v) is 7.88. The van der Waals surface area contributed by atoms with E-state index in [1.165, 1.54) is 25.6 Å². The molecule has 3 N–H and O–H groups in total. The summed E-state index contributed by atoms with van der Waals surface area (Å²) in [6.07, 6.45) is 8.36. The molecule has 0 spiro atoms. The molecule has 0 aromatic carbocycles. The van der Waals surface area contributed by atoms with Crippen molar-refractivity contribution in [1.82, 2.24) is 9.97 Å². The Morgan fingerprint density at radius 2 is 2.10 bits per heavy atom. The maximum absolute atomic E-state index is 9.37. The predicted octanol–water partition coefficient (Wildman–Crippen LogP) is 1.98. The number of hydrogen-bond donors (Lipinski definition) is 2. The van der Waals surface area contributed by atoms with Gasteiger partial charge < -0.3 is 20.5 Å². The summed E-state index contributed by atoms with van der Waals surface area (Å²) in [7, 11) is 0. The fourth-order valence-electron chi connectivity index (χ4n) is 2.88. The van der Waals surface area contributed by atoms with E-state index < -0.39 is 0 Å². The van der Waals surface area contributed by atoms with Crippen molar-refractivity contribution in [3.8, 4) is 5.88 Å².